The third-order valence-corrected chi connectivity index (χ3v) is 1.59. The average molecular weight is 155 g/mol. The van der Waals surface area contributed by atoms with Crippen LogP contribution in [0.3, 0.4) is 0 Å². The fraction of sp³-hybridized carbons (Fsp3) is 0.250. The Balaban J connectivity index is 2.81. The first-order valence-electron chi connectivity index (χ1n) is 3.14. The van der Waals surface area contributed by atoms with E-state index in [1.54, 1.807) is 0 Å². The van der Waals surface area contributed by atoms with Gasteiger partial charge in [0.15, 0.2) is 0 Å². The van der Waals surface area contributed by atoms with Gasteiger partial charge >= 0.3 is 0 Å². The highest BCUT2D eigenvalue weighted by atomic mass is 35.5. The second-order valence-electron chi connectivity index (χ2n) is 2.03. The van der Waals surface area contributed by atoms with E-state index in [1.165, 1.54) is 0 Å². The van der Waals surface area contributed by atoms with Crippen LogP contribution in [-0.4, -0.2) is 7.05 Å². The van der Waals surface area contributed by atoms with E-state index in [2.05, 4.69) is 11.4 Å². The molecule has 0 atom stereocenters. The standard InChI is InChI=1S/C8H9ClN/c1-10-6-7-4-2-3-5-8(7)9/h2-3,5,10H,6H2,1H3. The molecule has 0 saturated heterocycles. The summed E-state index contributed by atoms with van der Waals surface area (Å²) in [4.78, 5) is 0. The van der Waals surface area contributed by atoms with Crippen molar-refractivity contribution in [1.29, 1.82) is 0 Å². The van der Waals surface area contributed by atoms with E-state index in [9.17, 15) is 0 Å². The molecule has 1 aromatic rings. The highest BCUT2D eigenvalue weighted by molar-refractivity contribution is 6.31. The third-order valence-electron chi connectivity index (χ3n) is 1.24. The van der Waals surface area contributed by atoms with Crippen molar-refractivity contribution < 1.29 is 0 Å². The first-order chi connectivity index (χ1) is 4.84. The summed E-state index contributed by atoms with van der Waals surface area (Å²) in [5.74, 6) is 0. The normalized spacial score (nSPS) is 9.80. The van der Waals surface area contributed by atoms with Crippen molar-refractivity contribution in [3.63, 3.8) is 0 Å². The minimum absolute atomic E-state index is 0.775. The highest BCUT2D eigenvalue weighted by Crippen LogP contribution is 2.13. The Labute approximate surface area is 66.0 Å². The Bertz CT molecular complexity index is 210. The zero-order valence-electron chi connectivity index (χ0n) is 5.82. The van der Waals surface area contributed by atoms with Crippen LogP contribution >= 0.6 is 11.6 Å². The van der Waals surface area contributed by atoms with Crippen LogP contribution in [0.25, 0.3) is 0 Å². The van der Waals surface area contributed by atoms with Gasteiger partial charge in [0.2, 0.25) is 0 Å². The smallest absolute Gasteiger partial charge is 0.0457 e. The molecule has 1 nitrogen and oxygen atoms in total. The van der Waals surface area contributed by atoms with E-state index in [0.29, 0.717) is 0 Å². The van der Waals surface area contributed by atoms with Crippen LogP contribution in [0.4, 0.5) is 0 Å². The molecular weight excluding hydrogens is 146 g/mol. The molecule has 0 fully saturated rings. The maximum absolute atomic E-state index is 5.83. The van der Waals surface area contributed by atoms with Crippen molar-refractivity contribution in [2.24, 2.45) is 0 Å². The molecule has 0 aliphatic rings. The van der Waals surface area contributed by atoms with Gasteiger partial charge in [-0.15, -0.1) is 0 Å². The minimum Gasteiger partial charge on any atom is -0.316 e. The summed E-state index contributed by atoms with van der Waals surface area (Å²) < 4.78 is 0. The Kier molecular flexibility index (Phi) is 2.72. The minimum atomic E-state index is 0.775. The molecule has 2 heteroatoms. The molecule has 0 bridgehead atoms. The molecular formula is C8H9ClN. The molecule has 1 N–H and O–H groups in total. The van der Waals surface area contributed by atoms with Crippen LogP contribution in [0.15, 0.2) is 18.2 Å². The van der Waals surface area contributed by atoms with Crippen molar-refractivity contribution in [2.75, 3.05) is 7.05 Å². The number of hydrogen-bond donors (Lipinski definition) is 1. The van der Waals surface area contributed by atoms with Crippen LogP contribution in [0.2, 0.25) is 5.02 Å². The Morgan fingerprint density at radius 2 is 2.50 bits per heavy atom. The van der Waals surface area contributed by atoms with Crippen molar-refractivity contribution in [2.45, 2.75) is 6.54 Å². The van der Waals surface area contributed by atoms with Crippen molar-refractivity contribution >= 4 is 11.6 Å². The van der Waals surface area contributed by atoms with E-state index in [1.807, 2.05) is 25.2 Å². The predicted molar refractivity (Wildman–Crippen MR) is 43.1 cm³/mol. The summed E-state index contributed by atoms with van der Waals surface area (Å²) in [5, 5.41) is 3.78. The van der Waals surface area contributed by atoms with Crippen LogP contribution < -0.4 is 5.32 Å². The zero-order valence-corrected chi connectivity index (χ0v) is 6.57. The van der Waals surface area contributed by atoms with E-state index in [0.717, 1.165) is 17.1 Å². The fourth-order valence-electron chi connectivity index (χ4n) is 0.763. The number of halogens is 1. The van der Waals surface area contributed by atoms with Crippen LogP contribution in [0.5, 0.6) is 0 Å². The van der Waals surface area contributed by atoms with Crippen LogP contribution in [-0.2, 0) is 6.54 Å². The number of nitrogens with one attached hydrogen (secondary N) is 1. The van der Waals surface area contributed by atoms with Gasteiger partial charge in [-0.3, -0.25) is 0 Å². The quantitative estimate of drug-likeness (QED) is 0.686. The number of rotatable bonds is 2. The summed E-state index contributed by atoms with van der Waals surface area (Å²) in [6, 6.07) is 8.65. The van der Waals surface area contributed by atoms with Crippen molar-refractivity contribution in [3.8, 4) is 0 Å². The lowest BCUT2D eigenvalue weighted by Gasteiger charge is -1.99. The van der Waals surface area contributed by atoms with Gasteiger partial charge in [0.05, 0.1) is 0 Å². The summed E-state index contributed by atoms with van der Waals surface area (Å²) in [5.41, 5.74) is 1.02. The lowest BCUT2D eigenvalue weighted by atomic mass is 10.2. The largest absolute Gasteiger partial charge is 0.316 e. The number of hydrogen-bond acceptors (Lipinski definition) is 1. The van der Waals surface area contributed by atoms with Gasteiger partial charge in [0.1, 0.15) is 0 Å². The molecule has 0 spiro atoms. The molecule has 1 aromatic carbocycles. The fourth-order valence-corrected chi connectivity index (χ4v) is 0.957. The molecule has 0 aliphatic heterocycles. The van der Waals surface area contributed by atoms with Gasteiger partial charge in [-0.1, -0.05) is 23.7 Å². The van der Waals surface area contributed by atoms with Crippen molar-refractivity contribution in [3.05, 3.63) is 34.9 Å². The molecule has 0 unspecified atom stereocenters. The van der Waals surface area contributed by atoms with Crippen molar-refractivity contribution in [1.82, 2.24) is 5.32 Å². The predicted octanol–water partition coefficient (Wildman–Crippen LogP) is 1.86. The summed E-state index contributed by atoms with van der Waals surface area (Å²) in [6.45, 7) is 0.777. The first kappa shape index (κ1) is 7.58. The van der Waals surface area contributed by atoms with Gasteiger partial charge in [-0.05, 0) is 24.7 Å². The molecule has 53 valence electrons. The molecule has 1 radical (unpaired) electrons. The first-order valence-corrected chi connectivity index (χ1v) is 3.52. The average Bonchev–Trinajstić information content (AvgIpc) is 1.94. The Hall–Kier alpha value is -0.530. The second-order valence-corrected chi connectivity index (χ2v) is 2.43. The van der Waals surface area contributed by atoms with Gasteiger partial charge in [-0.2, -0.15) is 0 Å². The lowest BCUT2D eigenvalue weighted by Crippen LogP contribution is -2.05. The monoisotopic (exact) mass is 154 g/mol. The zero-order chi connectivity index (χ0) is 7.40. The van der Waals surface area contributed by atoms with Gasteiger partial charge < -0.3 is 5.32 Å². The SMILES string of the molecule is CNCc1[c]cccc1Cl. The summed E-state index contributed by atoms with van der Waals surface area (Å²) in [6.07, 6.45) is 0. The Morgan fingerprint density at radius 3 is 3.10 bits per heavy atom. The topological polar surface area (TPSA) is 12.0 Å². The van der Waals surface area contributed by atoms with Gasteiger partial charge in [-0.25, -0.2) is 0 Å². The summed E-state index contributed by atoms with van der Waals surface area (Å²) in [7, 11) is 1.89. The van der Waals surface area contributed by atoms with Crippen LogP contribution in [0.1, 0.15) is 5.56 Å². The maximum atomic E-state index is 5.83. The van der Waals surface area contributed by atoms with E-state index in [4.69, 9.17) is 11.6 Å². The molecule has 0 aromatic heterocycles. The third kappa shape index (κ3) is 1.72. The molecule has 0 heterocycles. The van der Waals surface area contributed by atoms with E-state index >= 15 is 0 Å². The van der Waals surface area contributed by atoms with Gasteiger partial charge in [0, 0.05) is 11.6 Å². The van der Waals surface area contributed by atoms with E-state index < -0.39 is 0 Å². The number of benzene rings is 1. The summed E-state index contributed by atoms with van der Waals surface area (Å²) >= 11 is 5.83. The molecule has 0 aliphatic carbocycles. The maximum Gasteiger partial charge on any atom is 0.0457 e. The molecule has 10 heavy (non-hydrogen) atoms. The highest BCUT2D eigenvalue weighted by Gasteiger charge is 1.94. The lowest BCUT2D eigenvalue weighted by molar-refractivity contribution is 0.817. The Morgan fingerprint density at radius 1 is 1.70 bits per heavy atom. The van der Waals surface area contributed by atoms with Crippen LogP contribution in [0, 0.1) is 6.07 Å². The molecule has 0 amide bonds. The molecule has 1 rings (SSSR count). The van der Waals surface area contributed by atoms with Gasteiger partial charge in [0.25, 0.3) is 0 Å². The van der Waals surface area contributed by atoms with E-state index in [-0.39, 0.29) is 0 Å². The molecule has 0 saturated carbocycles. The second kappa shape index (κ2) is 3.59.